The van der Waals surface area contributed by atoms with E-state index in [1.54, 1.807) is 19.1 Å². The smallest absolute Gasteiger partial charge is 0.413 e. The van der Waals surface area contributed by atoms with Gasteiger partial charge in [0.15, 0.2) is 0 Å². The zero-order chi connectivity index (χ0) is 12.3. The first-order valence-electron chi connectivity index (χ1n) is 5.40. The van der Waals surface area contributed by atoms with Gasteiger partial charge < -0.3 is 9.47 Å². The normalized spacial score (nSPS) is 19.0. The van der Waals surface area contributed by atoms with Crippen molar-refractivity contribution in [1.29, 1.82) is 0 Å². The predicted octanol–water partition coefficient (Wildman–Crippen LogP) is 1.70. The Morgan fingerprint density at radius 3 is 2.82 bits per heavy atom. The molecule has 0 radical (unpaired) electrons. The highest BCUT2D eigenvalue weighted by Crippen LogP contribution is 2.27. The van der Waals surface area contributed by atoms with Crippen molar-refractivity contribution < 1.29 is 19.1 Å². The van der Waals surface area contributed by atoms with Gasteiger partial charge in [-0.25, -0.2) is 4.79 Å². The number of ether oxygens (including phenoxy) is 2. The topological polar surface area (TPSA) is 55.8 Å². The highest BCUT2D eigenvalue weighted by atomic mass is 16.6. The first-order valence-corrected chi connectivity index (χ1v) is 5.40. The number of carbonyl (C=O) groups excluding carboxylic acids is 2. The highest BCUT2D eigenvalue weighted by molar-refractivity contribution is 5.81. The summed E-state index contributed by atoms with van der Waals surface area (Å²) in [5, 5.41) is 0. The van der Waals surface area contributed by atoms with Crippen molar-refractivity contribution in [3.63, 3.8) is 0 Å². The van der Waals surface area contributed by atoms with Gasteiger partial charge in [0.25, 0.3) is 0 Å². The number of amides is 1. The molecule has 1 atom stereocenters. The van der Waals surface area contributed by atoms with Crippen molar-refractivity contribution in [2.24, 2.45) is 0 Å². The zero-order valence-corrected chi connectivity index (χ0v) is 9.46. The third-order valence-corrected chi connectivity index (χ3v) is 2.41. The van der Waals surface area contributed by atoms with Gasteiger partial charge in [-0.1, -0.05) is 30.3 Å². The zero-order valence-electron chi connectivity index (χ0n) is 9.46. The van der Waals surface area contributed by atoms with Crippen LogP contribution in [0.15, 0.2) is 30.3 Å². The molecule has 17 heavy (non-hydrogen) atoms. The van der Waals surface area contributed by atoms with E-state index in [4.69, 9.17) is 9.47 Å². The van der Waals surface area contributed by atoms with Gasteiger partial charge in [-0.3, -0.25) is 9.69 Å². The van der Waals surface area contributed by atoms with Crippen molar-refractivity contribution in [2.45, 2.75) is 13.2 Å². The van der Waals surface area contributed by atoms with Gasteiger partial charge in [0, 0.05) is 5.56 Å². The second-order valence-corrected chi connectivity index (χ2v) is 3.58. The maximum atomic E-state index is 11.6. The minimum atomic E-state index is -0.678. The Kier molecular flexibility index (Phi) is 3.27. The maximum Gasteiger partial charge on any atom is 0.413 e. The van der Waals surface area contributed by atoms with Crippen LogP contribution in [0.3, 0.4) is 0 Å². The van der Waals surface area contributed by atoms with E-state index in [2.05, 4.69) is 0 Å². The molecule has 0 aromatic heterocycles. The van der Waals surface area contributed by atoms with Crippen LogP contribution in [0.5, 0.6) is 0 Å². The summed E-state index contributed by atoms with van der Waals surface area (Å²) >= 11 is 0. The summed E-state index contributed by atoms with van der Waals surface area (Å²) in [6.07, 6.45) is -1.21. The minimum Gasteiger partial charge on any atom is -0.450 e. The lowest BCUT2D eigenvalue weighted by molar-refractivity contribution is -0.141. The van der Waals surface area contributed by atoms with Gasteiger partial charge in [-0.15, -0.1) is 0 Å². The van der Waals surface area contributed by atoms with Crippen LogP contribution in [0.4, 0.5) is 4.79 Å². The van der Waals surface area contributed by atoms with Crippen molar-refractivity contribution >= 4 is 12.1 Å². The van der Waals surface area contributed by atoms with Crippen molar-refractivity contribution in [3.8, 4) is 0 Å². The third-order valence-electron chi connectivity index (χ3n) is 2.41. The monoisotopic (exact) mass is 235 g/mol. The molecule has 1 heterocycles. The molecule has 0 N–H and O–H groups in total. The average Bonchev–Trinajstić information content (AvgIpc) is 2.73. The number of carbonyl (C=O) groups is 2. The van der Waals surface area contributed by atoms with E-state index in [9.17, 15) is 9.59 Å². The van der Waals surface area contributed by atoms with E-state index in [0.717, 1.165) is 5.56 Å². The van der Waals surface area contributed by atoms with Crippen molar-refractivity contribution in [1.82, 2.24) is 4.90 Å². The Hall–Kier alpha value is -2.04. The van der Waals surface area contributed by atoms with E-state index >= 15 is 0 Å². The molecule has 1 aromatic rings. The summed E-state index contributed by atoms with van der Waals surface area (Å²) in [5.41, 5.74) is 0.756. The number of benzene rings is 1. The van der Waals surface area contributed by atoms with Crippen LogP contribution in [0.2, 0.25) is 0 Å². The van der Waals surface area contributed by atoms with E-state index in [-0.39, 0.29) is 13.2 Å². The van der Waals surface area contributed by atoms with Crippen LogP contribution < -0.4 is 0 Å². The number of esters is 1. The summed E-state index contributed by atoms with van der Waals surface area (Å²) in [5.74, 6) is -0.424. The molecule has 2 rings (SSSR count). The van der Waals surface area contributed by atoms with Crippen molar-refractivity contribution in [2.75, 3.05) is 13.2 Å². The van der Waals surface area contributed by atoms with Crippen LogP contribution in [0.25, 0.3) is 0 Å². The molecular weight excluding hydrogens is 222 g/mol. The first-order chi connectivity index (χ1) is 8.22. The average molecular weight is 235 g/mol. The Labute approximate surface area is 98.9 Å². The number of hydrogen-bond acceptors (Lipinski definition) is 4. The molecule has 0 bridgehead atoms. The number of cyclic esters (lactones) is 1. The quantitative estimate of drug-likeness (QED) is 0.732. The van der Waals surface area contributed by atoms with Gasteiger partial charge in [-0.05, 0) is 6.92 Å². The van der Waals surface area contributed by atoms with Crippen molar-refractivity contribution in [3.05, 3.63) is 35.9 Å². The Morgan fingerprint density at radius 2 is 2.18 bits per heavy atom. The molecule has 1 fully saturated rings. The molecule has 0 unspecified atom stereocenters. The summed E-state index contributed by atoms with van der Waals surface area (Å²) in [6.45, 7) is 1.91. The van der Waals surface area contributed by atoms with Crippen LogP contribution in [0, 0.1) is 0 Å². The molecule has 0 spiro atoms. The first kappa shape index (κ1) is 11.4. The molecule has 1 aromatic carbocycles. The fourth-order valence-corrected chi connectivity index (χ4v) is 1.68. The largest absolute Gasteiger partial charge is 0.450 e. The highest BCUT2D eigenvalue weighted by Gasteiger charge is 2.37. The van der Waals surface area contributed by atoms with Crippen LogP contribution in [-0.4, -0.2) is 30.1 Å². The third kappa shape index (κ3) is 2.38. The molecule has 1 aliphatic rings. The SMILES string of the molecule is CCOC(=O)N1CC(=O)O[C@H]1c1ccccc1. The molecule has 90 valence electrons. The molecule has 1 amide bonds. The maximum absolute atomic E-state index is 11.6. The number of hydrogen-bond donors (Lipinski definition) is 0. The summed E-state index contributed by atoms with van der Waals surface area (Å²) in [7, 11) is 0. The fourth-order valence-electron chi connectivity index (χ4n) is 1.68. The van der Waals surface area contributed by atoms with Gasteiger partial charge >= 0.3 is 12.1 Å². The predicted molar refractivity (Wildman–Crippen MR) is 59.0 cm³/mol. The molecule has 0 saturated carbocycles. The van der Waals surface area contributed by atoms with E-state index in [1.807, 2.05) is 18.2 Å². The molecule has 1 saturated heterocycles. The van der Waals surface area contributed by atoms with E-state index < -0.39 is 18.3 Å². The summed E-state index contributed by atoms with van der Waals surface area (Å²) < 4.78 is 9.99. The number of nitrogens with zero attached hydrogens (tertiary/aromatic N) is 1. The number of rotatable bonds is 2. The van der Waals surface area contributed by atoms with Gasteiger partial charge in [0.2, 0.25) is 6.23 Å². The summed E-state index contributed by atoms with van der Waals surface area (Å²) in [4.78, 5) is 24.2. The van der Waals surface area contributed by atoms with Gasteiger partial charge in [0.05, 0.1) is 6.61 Å². The molecule has 0 aliphatic carbocycles. The van der Waals surface area contributed by atoms with Crippen LogP contribution >= 0.6 is 0 Å². The Bertz CT molecular complexity index is 418. The Balaban J connectivity index is 2.20. The van der Waals surface area contributed by atoms with Crippen LogP contribution in [0.1, 0.15) is 18.7 Å². The lowest BCUT2D eigenvalue weighted by Crippen LogP contribution is -2.32. The van der Waals surface area contributed by atoms with Crippen LogP contribution in [-0.2, 0) is 14.3 Å². The molecule has 5 nitrogen and oxygen atoms in total. The molecule has 1 aliphatic heterocycles. The Morgan fingerprint density at radius 1 is 1.47 bits per heavy atom. The fraction of sp³-hybridized carbons (Fsp3) is 0.333. The lowest BCUT2D eigenvalue weighted by atomic mass is 10.2. The van der Waals surface area contributed by atoms with Gasteiger partial charge in [0.1, 0.15) is 6.54 Å². The molecule has 5 heteroatoms. The van der Waals surface area contributed by atoms with E-state index in [0.29, 0.717) is 0 Å². The summed E-state index contributed by atoms with van der Waals surface area (Å²) in [6, 6.07) is 9.11. The lowest BCUT2D eigenvalue weighted by Gasteiger charge is -2.20. The standard InChI is InChI=1S/C12H13NO4/c1-2-16-12(15)13-8-10(14)17-11(13)9-6-4-3-5-7-9/h3-7,11H,2,8H2,1H3/t11-/m0/s1. The van der Waals surface area contributed by atoms with Gasteiger partial charge in [-0.2, -0.15) is 0 Å². The minimum absolute atomic E-state index is 0.0710. The second-order valence-electron chi connectivity index (χ2n) is 3.58. The second kappa shape index (κ2) is 4.86. The van der Waals surface area contributed by atoms with E-state index in [1.165, 1.54) is 4.90 Å². The molecular formula is C12H13NO4.